The van der Waals surface area contributed by atoms with Crippen molar-refractivity contribution in [3.8, 4) is 5.75 Å². The standard InChI is InChI=1S/C16H24ClNO2/c1-6-15(16(19)18-12(5)10(2)3)20-13-7-8-14(17)11(4)9-13/h7-10,12,15H,6H2,1-5H3,(H,18,19)/t12-,15-/m0/s1. The summed E-state index contributed by atoms with van der Waals surface area (Å²) < 4.78 is 5.77. The summed E-state index contributed by atoms with van der Waals surface area (Å²) in [5.74, 6) is 1.00. The molecule has 0 saturated carbocycles. The maximum atomic E-state index is 12.2. The second-order valence-corrected chi connectivity index (χ2v) is 5.87. The average molecular weight is 298 g/mol. The van der Waals surface area contributed by atoms with Gasteiger partial charge in [0.2, 0.25) is 0 Å². The molecule has 1 amide bonds. The third kappa shape index (κ3) is 4.71. The normalized spacial score (nSPS) is 13.9. The van der Waals surface area contributed by atoms with E-state index in [0.29, 0.717) is 23.1 Å². The van der Waals surface area contributed by atoms with Crippen molar-refractivity contribution < 1.29 is 9.53 Å². The molecule has 0 radical (unpaired) electrons. The minimum atomic E-state index is -0.475. The molecule has 0 bridgehead atoms. The first-order valence-electron chi connectivity index (χ1n) is 7.08. The number of hydrogen-bond acceptors (Lipinski definition) is 2. The molecule has 0 fully saturated rings. The van der Waals surface area contributed by atoms with E-state index in [2.05, 4.69) is 19.2 Å². The van der Waals surface area contributed by atoms with Crippen LogP contribution in [0.15, 0.2) is 18.2 Å². The Morgan fingerprint density at radius 1 is 1.35 bits per heavy atom. The molecule has 2 atom stereocenters. The Balaban J connectivity index is 2.71. The summed E-state index contributed by atoms with van der Waals surface area (Å²) in [5, 5.41) is 3.68. The molecule has 0 aliphatic rings. The minimum Gasteiger partial charge on any atom is -0.481 e. The summed E-state index contributed by atoms with van der Waals surface area (Å²) in [5.41, 5.74) is 0.940. The Hall–Kier alpha value is -1.22. The molecule has 1 aromatic rings. The summed E-state index contributed by atoms with van der Waals surface area (Å²) in [4.78, 5) is 12.2. The predicted molar refractivity (Wildman–Crippen MR) is 83.3 cm³/mol. The van der Waals surface area contributed by atoms with Gasteiger partial charge in [-0.25, -0.2) is 0 Å². The number of carbonyl (C=O) groups excluding carboxylic acids is 1. The molecule has 1 rings (SSSR count). The molecule has 0 aliphatic heterocycles. The summed E-state index contributed by atoms with van der Waals surface area (Å²) in [7, 11) is 0. The van der Waals surface area contributed by atoms with E-state index < -0.39 is 6.10 Å². The number of halogens is 1. The Labute approximate surface area is 126 Å². The fourth-order valence-electron chi connectivity index (χ4n) is 1.66. The lowest BCUT2D eigenvalue weighted by Gasteiger charge is -2.22. The summed E-state index contributed by atoms with van der Waals surface area (Å²) in [6.07, 6.45) is 0.148. The summed E-state index contributed by atoms with van der Waals surface area (Å²) >= 11 is 5.98. The zero-order valence-electron chi connectivity index (χ0n) is 12.9. The van der Waals surface area contributed by atoms with Gasteiger partial charge >= 0.3 is 0 Å². The zero-order valence-corrected chi connectivity index (χ0v) is 13.6. The van der Waals surface area contributed by atoms with Crippen LogP contribution >= 0.6 is 11.6 Å². The van der Waals surface area contributed by atoms with Gasteiger partial charge in [-0.1, -0.05) is 32.4 Å². The van der Waals surface area contributed by atoms with E-state index in [1.54, 1.807) is 12.1 Å². The lowest BCUT2D eigenvalue weighted by Crippen LogP contribution is -2.44. The number of amides is 1. The molecular weight excluding hydrogens is 274 g/mol. The van der Waals surface area contributed by atoms with Gasteiger partial charge in [-0.3, -0.25) is 4.79 Å². The second-order valence-electron chi connectivity index (χ2n) is 5.47. The Morgan fingerprint density at radius 3 is 2.50 bits per heavy atom. The number of carbonyl (C=O) groups is 1. The zero-order chi connectivity index (χ0) is 15.3. The molecule has 1 N–H and O–H groups in total. The molecule has 0 heterocycles. The topological polar surface area (TPSA) is 38.3 Å². The molecular formula is C16H24ClNO2. The maximum Gasteiger partial charge on any atom is 0.261 e. The second kappa shape index (κ2) is 7.53. The number of hydrogen-bond donors (Lipinski definition) is 1. The quantitative estimate of drug-likeness (QED) is 0.863. The lowest BCUT2D eigenvalue weighted by molar-refractivity contribution is -0.129. The van der Waals surface area contributed by atoms with Crippen LogP contribution in [0.2, 0.25) is 5.02 Å². The number of ether oxygens (including phenoxy) is 1. The first kappa shape index (κ1) is 16.8. The van der Waals surface area contributed by atoms with Gasteiger partial charge in [0.05, 0.1) is 0 Å². The van der Waals surface area contributed by atoms with Crippen molar-refractivity contribution in [2.75, 3.05) is 0 Å². The number of rotatable bonds is 6. The van der Waals surface area contributed by atoms with Gasteiger partial charge in [-0.05, 0) is 49.9 Å². The van der Waals surface area contributed by atoms with Gasteiger partial charge < -0.3 is 10.1 Å². The largest absolute Gasteiger partial charge is 0.481 e. The van der Waals surface area contributed by atoms with Gasteiger partial charge in [0, 0.05) is 11.1 Å². The number of nitrogens with one attached hydrogen (secondary N) is 1. The van der Waals surface area contributed by atoms with Gasteiger partial charge in [0.15, 0.2) is 6.10 Å². The van der Waals surface area contributed by atoms with Crippen LogP contribution in [-0.2, 0) is 4.79 Å². The van der Waals surface area contributed by atoms with E-state index >= 15 is 0 Å². The van der Waals surface area contributed by atoms with E-state index in [9.17, 15) is 4.79 Å². The Bertz CT molecular complexity index is 460. The molecule has 3 nitrogen and oxygen atoms in total. The van der Waals surface area contributed by atoms with E-state index in [-0.39, 0.29) is 11.9 Å². The van der Waals surface area contributed by atoms with Crippen LogP contribution in [0.5, 0.6) is 5.75 Å². The van der Waals surface area contributed by atoms with Crippen molar-refractivity contribution in [2.24, 2.45) is 5.92 Å². The van der Waals surface area contributed by atoms with Crippen molar-refractivity contribution in [3.63, 3.8) is 0 Å². The van der Waals surface area contributed by atoms with Crippen LogP contribution in [0.4, 0.5) is 0 Å². The van der Waals surface area contributed by atoms with Crippen LogP contribution < -0.4 is 10.1 Å². The molecule has 1 aromatic carbocycles. The number of benzene rings is 1. The minimum absolute atomic E-state index is 0.0682. The Kier molecular flexibility index (Phi) is 6.34. The van der Waals surface area contributed by atoms with E-state index in [1.165, 1.54) is 0 Å². The fourth-order valence-corrected chi connectivity index (χ4v) is 1.78. The van der Waals surface area contributed by atoms with Crippen LogP contribution in [-0.4, -0.2) is 18.1 Å². The highest BCUT2D eigenvalue weighted by Crippen LogP contribution is 2.22. The highest BCUT2D eigenvalue weighted by molar-refractivity contribution is 6.31. The van der Waals surface area contributed by atoms with Gasteiger partial charge in [0.1, 0.15) is 5.75 Å². The van der Waals surface area contributed by atoms with E-state index in [4.69, 9.17) is 16.3 Å². The monoisotopic (exact) mass is 297 g/mol. The Morgan fingerprint density at radius 2 is 2.00 bits per heavy atom. The molecule has 112 valence electrons. The van der Waals surface area contributed by atoms with E-state index in [0.717, 1.165) is 5.56 Å². The average Bonchev–Trinajstić information content (AvgIpc) is 2.39. The molecule has 0 aromatic heterocycles. The molecule has 4 heteroatoms. The van der Waals surface area contributed by atoms with Crippen molar-refractivity contribution in [3.05, 3.63) is 28.8 Å². The SMILES string of the molecule is CC[C@H](Oc1ccc(Cl)c(C)c1)C(=O)N[C@@H](C)C(C)C. The lowest BCUT2D eigenvalue weighted by atomic mass is 10.1. The molecule has 0 spiro atoms. The molecule has 0 unspecified atom stereocenters. The first-order valence-corrected chi connectivity index (χ1v) is 7.46. The van der Waals surface area contributed by atoms with Crippen LogP contribution in [0.25, 0.3) is 0 Å². The van der Waals surface area contributed by atoms with Crippen molar-refractivity contribution >= 4 is 17.5 Å². The third-order valence-electron chi connectivity index (χ3n) is 3.44. The highest BCUT2D eigenvalue weighted by atomic mass is 35.5. The van der Waals surface area contributed by atoms with Crippen LogP contribution in [0, 0.1) is 12.8 Å². The highest BCUT2D eigenvalue weighted by Gasteiger charge is 2.21. The third-order valence-corrected chi connectivity index (χ3v) is 3.86. The predicted octanol–water partition coefficient (Wildman–Crippen LogP) is 3.97. The van der Waals surface area contributed by atoms with Crippen molar-refractivity contribution in [1.29, 1.82) is 0 Å². The smallest absolute Gasteiger partial charge is 0.261 e. The summed E-state index contributed by atoms with van der Waals surface area (Å²) in [6.45, 7) is 10.0. The van der Waals surface area contributed by atoms with Crippen molar-refractivity contribution in [1.82, 2.24) is 5.32 Å². The first-order chi connectivity index (χ1) is 9.35. The fraction of sp³-hybridized carbons (Fsp3) is 0.562. The van der Waals surface area contributed by atoms with Gasteiger partial charge in [-0.2, -0.15) is 0 Å². The molecule has 20 heavy (non-hydrogen) atoms. The van der Waals surface area contributed by atoms with Crippen LogP contribution in [0.1, 0.15) is 39.7 Å². The van der Waals surface area contributed by atoms with Crippen molar-refractivity contribution in [2.45, 2.75) is 53.2 Å². The van der Waals surface area contributed by atoms with Gasteiger partial charge in [0.25, 0.3) is 5.91 Å². The maximum absolute atomic E-state index is 12.2. The van der Waals surface area contributed by atoms with E-state index in [1.807, 2.05) is 26.8 Å². The molecule has 0 saturated heterocycles. The summed E-state index contributed by atoms with van der Waals surface area (Å²) in [6, 6.07) is 5.56. The number of aryl methyl sites for hydroxylation is 1. The van der Waals surface area contributed by atoms with Gasteiger partial charge in [-0.15, -0.1) is 0 Å². The molecule has 0 aliphatic carbocycles. The van der Waals surface area contributed by atoms with Crippen LogP contribution in [0.3, 0.4) is 0 Å².